The number of aromatic nitrogens is 3. The zero-order chi connectivity index (χ0) is 21.7. The molecular weight excluding hydrogens is 422 g/mol. The summed E-state index contributed by atoms with van der Waals surface area (Å²) in [6.45, 7) is 2.73. The van der Waals surface area contributed by atoms with Crippen molar-refractivity contribution in [1.29, 1.82) is 0 Å². The number of nitrogens with zero attached hydrogens (tertiary/aromatic N) is 4. The lowest BCUT2D eigenvalue weighted by Gasteiger charge is -2.13. The van der Waals surface area contributed by atoms with Crippen molar-refractivity contribution < 1.29 is 9.53 Å². The summed E-state index contributed by atoms with van der Waals surface area (Å²) in [7, 11) is 5.55. The number of thioether (sulfide) groups is 1. The molecule has 3 rings (SSSR count). The molecular formula is C21H24ClN5O2S. The number of ether oxygens (including phenoxy) is 1. The molecule has 0 radical (unpaired) electrons. The second-order valence-corrected chi connectivity index (χ2v) is 8.05. The predicted octanol–water partition coefficient (Wildman–Crippen LogP) is 4.42. The highest BCUT2D eigenvalue weighted by Gasteiger charge is 2.16. The Kier molecular flexibility index (Phi) is 7.23. The number of halogens is 1. The average Bonchev–Trinajstić information content (AvgIpc) is 3.15. The van der Waals surface area contributed by atoms with Gasteiger partial charge in [0.1, 0.15) is 5.75 Å². The molecule has 158 valence electrons. The topological polar surface area (TPSA) is 72.3 Å². The first-order chi connectivity index (χ1) is 14.4. The molecule has 1 amide bonds. The van der Waals surface area contributed by atoms with Gasteiger partial charge in [0.15, 0.2) is 11.0 Å². The van der Waals surface area contributed by atoms with Crippen LogP contribution in [0.15, 0.2) is 47.6 Å². The van der Waals surface area contributed by atoms with Gasteiger partial charge in [0, 0.05) is 36.9 Å². The monoisotopic (exact) mass is 445 g/mol. The van der Waals surface area contributed by atoms with Gasteiger partial charge in [-0.3, -0.25) is 4.79 Å². The molecule has 3 aromatic rings. The van der Waals surface area contributed by atoms with Crippen LogP contribution in [0, 0.1) is 0 Å². The van der Waals surface area contributed by atoms with Crippen molar-refractivity contribution in [3.8, 4) is 17.1 Å². The van der Waals surface area contributed by atoms with Crippen LogP contribution in [0.3, 0.4) is 0 Å². The molecule has 9 heteroatoms. The van der Waals surface area contributed by atoms with Gasteiger partial charge in [-0.15, -0.1) is 10.2 Å². The van der Waals surface area contributed by atoms with Crippen molar-refractivity contribution in [2.24, 2.45) is 0 Å². The van der Waals surface area contributed by atoms with Gasteiger partial charge in [0.2, 0.25) is 5.91 Å². The van der Waals surface area contributed by atoms with Gasteiger partial charge in [0.05, 0.1) is 18.6 Å². The van der Waals surface area contributed by atoms with Crippen LogP contribution in [0.1, 0.15) is 6.92 Å². The van der Waals surface area contributed by atoms with Crippen LogP contribution in [0.2, 0.25) is 5.02 Å². The van der Waals surface area contributed by atoms with Crippen LogP contribution in [0.25, 0.3) is 11.4 Å². The largest absolute Gasteiger partial charge is 0.495 e. The van der Waals surface area contributed by atoms with Gasteiger partial charge in [-0.05, 0) is 49.4 Å². The fourth-order valence-corrected chi connectivity index (χ4v) is 3.87. The number of benzene rings is 2. The summed E-state index contributed by atoms with van der Waals surface area (Å²) < 4.78 is 7.27. The van der Waals surface area contributed by atoms with Crippen molar-refractivity contribution >= 4 is 40.6 Å². The Morgan fingerprint density at radius 2 is 1.93 bits per heavy atom. The Bertz CT molecular complexity index is 1020. The van der Waals surface area contributed by atoms with Crippen LogP contribution in [0.4, 0.5) is 11.4 Å². The van der Waals surface area contributed by atoms with Gasteiger partial charge in [-0.1, -0.05) is 23.4 Å². The molecule has 7 nitrogen and oxygen atoms in total. The first-order valence-corrected chi connectivity index (χ1v) is 10.8. The van der Waals surface area contributed by atoms with Crippen molar-refractivity contribution in [2.75, 3.05) is 37.2 Å². The smallest absolute Gasteiger partial charge is 0.234 e. The van der Waals surface area contributed by atoms with Gasteiger partial charge >= 0.3 is 0 Å². The van der Waals surface area contributed by atoms with Crippen molar-refractivity contribution in [3.05, 3.63) is 47.5 Å². The maximum atomic E-state index is 12.5. The molecule has 0 spiro atoms. The van der Waals surface area contributed by atoms with Crippen molar-refractivity contribution in [1.82, 2.24) is 14.8 Å². The molecule has 0 bridgehead atoms. The lowest BCUT2D eigenvalue weighted by atomic mass is 10.2. The number of methoxy groups -OCH3 is 1. The SMILES string of the molecule is CCn1c(SCC(=O)Nc2cc(Cl)ccc2OC)nnc1-c1ccc(N(C)C)cc1. The molecule has 0 aliphatic rings. The van der Waals surface area contributed by atoms with E-state index in [1.54, 1.807) is 25.3 Å². The molecule has 0 fully saturated rings. The summed E-state index contributed by atoms with van der Waals surface area (Å²) in [5.41, 5.74) is 2.63. The van der Waals surface area contributed by atoms with Crippen molar-refractivity contribution in [2.45, 2.75) is 18.6 Å². The Balaban J connectivity index is 1.70. The first-order valence-electron chi connectivity index (χ1n) is 9.40. The standard InChI is InChI=1S/C21H24ClN5O2S/c1-5-27-20(14-6-9-16(10-7-14)26(2)3)24-25-21(27)30-13-19(28)23-17-12-15(22)8-11-18(17)29-4/h6-12H,5,13H2,1-4H3,(H,23,28). The van der Waals surface area contributed by atoms with E-state index in [4.69, 9.17) is 16.3 Å². The molecule has 0 unspecified atom stereocenters. The Morgan fingerprint density at radius 1 is 1.20 bits per heavy atom. The molecule has 0 atom stereocenters. The predicted molar refractivity (Wildman–Crippen MR) is 123 cm³/mol. The molecule has 1 N–H and O–H groups in total. The molecule has 0 saturated carbocycles. The summed E-state index contributed by atoms with van der Waals surface area (Å²) in [4.78, 5) is 14.5. The third-order valence-electron chi connectivity index (χ3n) is 4.44. The van der Waals surface area contributed by atoms with E-state index < -0.39 is 0 Å². The number of carbonyl (C=O) groups excluding carboxylic acids is 1. The number of hydrogen-bond donors (Lipinski definition) is 1. The molecule has 0 aliphatic carbocycles. The maximum absolute atomic E-state index is 12.5. The normalized spacial score (nSPS) is 10.7. The fraction of sp³-hybridized carbons (Fsp3) is 0.286. The molecule has 30 heavy (non-hydrogen) atoms. The van der Waals surface area contributed by atoms with Gasteiger partial charge < -0.3 is 19.5 Å². The minimum absolute atomic E-state index is 0.178. The van der Waals surface area contributed by atoms with Crippen LogP contribution in [0.5, 0.6) is 5.75 Å². The van der Waals surface area contributed by atoms with Crippen LogP contribution in [-0.2, 0) is 11.3 Å². The Morgan fingerprint density at radius 3 is 2.57 bits per heavy atom. The van der Waals surface area contributed by atoms with Crippen LogP contribution in [-0.4, -0.2) is 47.6 Å². The number of amides is 1. The summed E-state index contributed by atoms with van der Waals surface area (Å²) in [6.07, 6.45) is 0. The fourth-order valence-electron chi connectivity index (χ4n) is 2.90. The second kappa shape index (κ2) is 9.86. The zero-order valence-corrected chi connectivity index (χ0v) is 18.9. The van der Waals surface area contributed by atoms with Gasteiger partial charge in [0.25, 0.3) is 0 Å². The van der Waals surface area contributed by atoms with E-state index in [1.165, 1.54) is 11.8 Å². The Hall–Kier alpha value is -2.71. The summed E-state index contributed by atoms with van der Waals surface area (Å²) in [6, 6.07) is 13.2. The van der Waals surface area contributed by atoms with E-state index in [9.17, 15) is 4.79 Å². The third kappa shape index (κ3) is 5.06. The second-order valence-electron chi connectivity index (χ2n) is 6.67. The van der Waals surface area contributed by atoms with E-state index in [1.807, 2.05) is 54.8 Å². The van der Waals surface area contributed by atoms with Gasteiger partial charge in [-0.2, -0.15) is 0 Å². The molecule has 0 saturated heterocycles. The lowest BCUT2D eigenvalue weighted by Crippen LogP contribution is -2.15. The van der Waals surface area contributed by atoms with E-state index >= 15 is 0 Å². The van der Waals surface area contributed by atoms with Crippen molar-refractivity contribution in [3.63, 3.8) is 0 Å². The average molecular weight is 446 g/mol. The first kappa shape index (κ1) is 22.0. The number of nitrogens with one attached hydrogen (secondary N) is 1. The maximum Gasteiger partial charge on any atom is 0.234 e. The van der Waals surface area contributed by atoms with Crippen LogP contribution < -0.4 is 15.0 Å². The summed E-state index contributed by atoms with van der Waals surface area (Å²) >= 11 is 7.36. The lowest BCUT2D eigenvalue weighted by molar-refractivity contribution is -0.113. The molecule has 1 heterocycles. The minimum atomic E-state index is -0.178. The number of anilines is 2. The van der Waals surface area contributed by atoms with Gasteiger partial charge in [-0.25, -0.2) is 0 Å². The molecule has 0 aliphatic heterocycles. The van der Waals surface area contributed by atoms with E-state index in [0.29, 0.717) is 28.2 Å². The highest BCUT2D eigenvalue weighted by atomic mass is 35.5. The number of hydrogen-bond acceptors (Lipinski definition) is 6. The highest BCUT2D eigenvalue weighted by molar-refractivity contribution is 7.99. The summed E-state index contributed by atoms with van der Waals surface area (Å²) in [5, 5.41) is 12.7. The van der Waals surface area contributed by atoms with E-state index in [0.717, 1.165) is 17.1 Å². The third-order valence-corrected chi connectivity index (χ3v) is 5.64. The zero-order valence-electron chi connectivity index (χ0n) is 17.3. The van der Waals surface area contributed by atoms with E-state index in [2.05, 4.69) is 15.5 Å². The summed E-state index contributed by atoms with van der Waals surface area (Å²) in [5.74, 6) is 1.34. The minimum Gasteiger partial charge on any atom is -0.495 e. The molecule has 2 aromatic carbocycles. The quantitative estimate of drug-likeness (QED) is 0.517. The van der Waals surface area contributed by atoms with E-state index in [-0.39, 0.29) is 11.7 Å². The number of rotatable bonds is 8. The number of carbonyl (C=O) groups is 1. The molecule has 1 aromatic heterocycles. The van der Waals surface area contributed by atoms with Crippen LogP contribution >= 0.6 is 23.4 Å². The highest BCUT2D eigenvalue weighted by Crippen LogP contribution is 2.29. The Labute approximate surface area is 185 Å².